The lowest BCUT2D eigenvalue weighted by Gasteiger charge is -2.02. The van der Waals surface area contributed by atoms with Crippen LogP contribution in [-0.2, 0) is 6.42 Å². The summed E-state index contributed by atoms with van der Waals surface area (Å²) in [6.45, 7) is 0. The van der Waals surface area contributed by atoms with Gasteiger partial charge in [0.05, 0.1) is 4.83 Å². The third-order valence-corrected chi connectivity index (χ3v) is 4.22. The third-order valence-electron chi connectivity index (χ3n) is 3.45. The Labute approximate surface area is 129 Å². The molecule has 2 aromatic heterocycles. The molecule has 0 N–H and O–H groups in total. The number of hydrogen-bond acceptors (Lipinski definition) is 3. The van der Waals surface area contributed by atoms with Crippen LogP contribution in [0.5, 0.6) is 0 Å². The zero-order valence-corrected chi connectivity index (χ0v) is 12.7. The van der Waals surface area contributed by atoms with Gasteiger partial charge in [-0.1, -0.05) is 46.3 Å². The first kappa shape index (κ1) is 12.7. The zero-order chi connectivity index (χ0) is 14.2. The Morgan fingerprint density at radius 3 is 2.52 bits per heavy atom. The Morgan fingerprint density at radius 2 is 1.71 bits per heavy atom. The molecule has 0 aliphatic heterocycles. The topological polar surface area (TPSA) is 39.2 Å². The minimum absolute atomic E-state index is 0.0398. The Bertz CT molecular complexity index is 843. The van der Waals surface area contributed by atoms with Crippen molar-refractivity contribution < 1.29 is 8.83 Å². The van der Waals surface area contributed by atoms with Crippen molar-refractivity contribution >= 4 is 38.0 Å². The lowest BCUT2D eigenvalue weighted by atomic mass is 10.2. The number of nitrogens with zero attached hydrogens (tertiary/aromatic N) is 1. The highest BCUT2D eigenvalue weighted by Crippen LogP contribution is 2.32. The summed E-state index contributed by atoms with van der Waals surface area (Å²) in [6.07, 6.45) is 0.647. The Hall–Kier alpha value is -2.07. The number of halogens is 1. The van der Waals surface area contributed by atoms with Crippen LogP contribution in [0.1, 0.15) is 16.5 Å². The van der Waals surface area contributed by atoms with Gasteiger partial charge in [0.2, 0.25) is 0 Å². The second kappa shape index (κ2) is 5.04. The molecule has 4 heteroatoms. The standard InChI is InChI=1S/C17H12BrNO2/c18-12(16-9-11-5-1-3-7-14(11)20-16)10-17-19-13-6-2-4-8-15(13)21-17/h1-9,12H,10H2. The lowest BCUT2D eigenvalue weighted by molar-refractivity contribution is 0.496. The largest absolute Gasteiger partial charge is 0.460 e. The minimum Gasteiger partial charge on any atom is -0.460 e. The quantitative estimate of drug-likeness (QED) is 0.477. The number of para-hydroxylation sites is 3. The molecule has 0 saturated carbocycles. The molecule has 0 saturated heterocycles. The van der Waals surface area contributed by atoms with Gasteiger partial charge < -0.3 is 8.83 Å². The molecule has 2 heterocycles. The van der Waals surface area contributed by atoms with Gasteiger partial charge in [-0.2, -0.15) is 0 Å². The zero-order valence-electron chi connectivity index (χ0n) is 11.1. The fourth-order valence-corrected chi connectivity index (χ4v) is 2.92. The van der Waals surface area contributed by atoms with E-state index >= 15 is 0 Å². The summed E-state index contributed by atoms with van der Waals surface area (Å²) in [5.74, 6) is 1.59. The van der Waals surface area contributed by atoms with Crippen molar-refractivity contribution in [1.29, 1.82) is 0 Å². The molecular weight excluding hydrogens is 330 g/mol. The Kier molecular flexibility index (Phi) is 3.04. The van der Waals surface area contributed by atoms with Gasteiger partial charge in [0, 0.05) is 11.8 Å². The first-order valence-corrected chi connectivity index (χ1v) is 7.68. The van der Waals surface area contributed by atoms with Gasteiger partial charge in [-0.15, -0.1) is 0 Å². The smallest absolute Gasteiger partial charge is 0.197 e. The average Bonchev–Trinajstić information content (AvgIpc) is 3.10. The average molecular weight is 342 g/mol. The molecule has 4 rings (SSSR count). The van der Waals surface area contributed by atoms with E-state index in [0.717, 1.165) is 27.8 Å². The summed E-state index contributed by atoms with van der Waals surface area (Å²) in [6, 6.07) is 17.8. The second-order valence-electron chi connectivity index (χ2n) is 4.93. The molecule has 0 fully saturated rings. The Morgan fingerprint density at radius 1 is 0.952 bits per heavy atom. The van der Waals surface area contributed by atoms with Gasteiger partial charge in [0.15, 0.2) is 11.5 Å². The molecule has 21 heavy (non-hydrogen) atoms. The molecule has 3 nitrogen and oxygen atoms in total. The summed E-state index contributed by atoms with van der Waals surface area (Å²) in [5, 5.41) is 1.11. The molecule has 4 aromatic rings. The summed E-state index contributed by atoms with van der Waals surface area (Å²) in [4.78, 5) is 4.53. The van der Waals surface area contributed by atoms with Crippen molar-refractivity contribution in [1.82, 2.24) is 4.98 Å². The maximum Gasteiger partial charge on any atom is 0.197 e. The minimum atomic E-state index is 0.0398. The van der Waals surface area contributed by atoms with Crippen LogP contribution in [-0.4, -0.2) is 4.98 Å². The highest BCUT2D eigenvalue weighted by atomic mass is 79.9. The summed E-state index contributed by atoms with van der Waals surface area (Å²) in [7, 11) is 0. The van der Waals surface area contributed by atoms with Crippen LogP contribution in [0.4, 0.5) is 0 Å². The van der Waals surface area contributed by atoms with E-state index in [4.69, 9.17) is 8.83 Å². The fraction of sp³-hybridized carbons (Fsp3) is 0.118. The van der Waals surface area contributed by atoms with E-state index in [0.29, 0.717) is 12.3 Å². The van der Waals surface area contributed by atoms with E-state index in [-0.39, 0.29) is 4.83 Å². The second-order valence-corrected chi connectivity index (χ2v) is 6.04. The number of aromatic nitrogens is 1. The molecule has 0 amide bonds. The van der Waals surface area contributed by atoms with Gasteiger partial charge >= 0.3 is 0 Å². The molecule has 0 spiro atoms. The van der Waals surface area contributed by atoms with E-state index in [1.54, 1.807) is 0 Å². The van der Waals surface area contributed by atoms with E-state index in [1.165, 1.54) is 0 Å². The number of hydrogen-bond donors (Lipinski definition) is 0. The predicted octanol–water partition coefficient (Wildman–Crippen LogP) is 5.25. The molecule has 104 valence electrons. The van der Waals surface area contributed by atoms with E-state index in [2.05, 4.69) is 27.0 Å². The van der Waals surface area contributed by atoms with E-state index < -0.39 is 0 Å². The molecule has 0 aliphatic rings. The third kappa shape index (κ3) is 2.36. The van der Waals surface area contributed by atoms with E-state index in [1.807, 2.05) is 48.5 Å². The van der Waals surface area contributed by atoms with Gasteiger partial charge in [-0.25, -0.2) is 4.98 Å². The van der Waals surface area contributed by atoms with Crippen molar-refractivity contribution in [3.05, 3.63) is 66.2 Å². The molecular formula is C17H12BrNO2. The maximum absolute atomic E-state index is 5.86. The van der Waals surface area contributed by atoms with Gasteiger partial charge in [0.25, 0.3) is 0 Å². The number of rotatable bonds is 3. The molecule has 1 unspecified atom stereocenters. The highest BCUT2D eigenvalue weighted by molar-refractivity contribution is 9.09. The number of benzene rings is 2. The number of alkyl halides is 1. The van der Waals surface area contributed by atoms with Crippen molar-refractivity contribution in [3.8, 4) is 0 Å². The van der Waals surface area contributed by atoms with Crippen molar-refractivity contribution in [2.24, 2.45) is 0 Å². The summed E-state index contributed by atoms with van der Waals surface area (Å²) < 4.78 is 11.6. The van der Waals surface area contributed by atoms with Crippen LogP contribution in [0, 0.1) is 0 Å². The first-order chi connectivity index (χ1) is 10.3. The van der Waals surface area contributed by atoms with E-state index in [9.17, 15) is 0 Å². The number of furan rings is 1. The molecule has 0 bridgehead atoms. The van der Waals surface area contributed by atoms with Crippen LogP contribution >= 0.6 is 15.9 Å². The van der Waals surface area contributed by atoms with Crippen LogP contribution in [0.3, 0.4) is 0 Å². The van der Waals surface area contributed by atoms with Crippen LogP contribution < -0.4 is 0 Å². The molecule has 2 aromatic carbocycles. The molecule has 0 radical (unpaired) electrons. The van der Waals surface area contributed by atoms with Crippen LogP contribution in [0.25, 0.3) is 22.1 Å². The summed E-state index contributed by atoms with van der Waals surface area (Å²) in [5.41, 5.74) is 2.60. The summed E-state index contributed by atoms with van der Waals surface area (Å²) >= 11 is 3.66. The van der Waals surface area contributed by atoms with Crippen molar-refractivity contribution in [3.63, 3.8) is 0 Å². The van der Waals surface area contributed by atoms with Crippen molar-refractivity contribution in [2.45, 2.75) is 11.2 Å². The van der Waals surface area contributed by atoms with Crippen LogP contribution in [0.2, 0.25) is 0 Å². The van der Waals surface area contributed by atoms with Crippen molar-refractivity contribution in [2.75, 3.05) is 0 Å². The monoisotopic (exact) mass is 341 g/mol. The van der Waals surface area contributed by atoms with Crippen LogP contribution in [0.15, 0.2) is 63.4 Å². The first-order valence-electron chi connectivity index (χ1n) is 6.76. The number of oxazole rings is 1. The predicted molar refractivity (Wildman–Crippen MR) is 85.6 cm³/mol. The molecule has 0 aliphatic carbocycles. The Balaban J connectivity index is 1.63. The van der Waals surface area contributed by atoms with Gasteiger partial charge in [0.1, 0.15) is 16.9 Å². The maximum atomic E-state index is 5.86. The lowest BCUT2D eigenvalue weighted by Crippen LogP contribution is -1.93. The number of fused-ring (bicyclic) bond motifs is 2. The SMILES string of the molecule is BrC(Cc1nc2ccccc2o1)c1cc2ccccc2o1. The normalized spacial score (nSPS) is 13.0. The fourth-order valence-electron chi connectivity index (χ4n) is 2.42. The molecule has 1 atom stereocenters. The van der Waals surface area contributed by atoms with Gasteiger partial charge in [-0.05, 0) is 24.3 Å². The highest BCUT2D eigenvalue weighted by Gasteiger charge is 2.17. The van der Waals surface area contributed by atoms with Gasteiger partial charge in [-0.3, -0.25) is 0 Å².